The van der Waals surface area contributed by atoms with Crippen LogP contribution in [0.25, 0.3) is 0 Å². The summed E-state index contributed by atoms with van der Waals surface area (Å²) in [6.45, 7) is 1.72. The topological polar surface area (TPSA) is 76.1 Å². The Hall–Kier alpha value is -0.210. The van der Waals surface area contributed by atoms with Gasteiger partial charge in [-0.2, -0.15) is 8.42 Å². The Morgan fingerprint density at radius 2 is 1.57 bits per heavy atom. The van der Waals surface area contributed by atoms with Crippen molar-refractivity contribution >= 4 is 10.1 Å². The number of rotatable bonds is 8. The van der Waals surface area contributed by atoms with Crippen LogP contribution >= 0.6 is 0 Å². The van der Waals surface area contributed by atoms with E-state index in [-0.39, 0.29) is 5.88 Å². The van der Waals surface area contributed by atoms with E-state index >= 15 is 0 Å². The van der Waals surface area contributed by atoms with Crippen LogP contribution in [0.1, 0.15) is 0 Å². The van der Waals surface area contributed by atoms with Crippen molar-refractivity contribution in [3.8, 4) is 0 Å². The van der Waals surface area contributed by atoms with Gasteiger partial charge in [-0.1, -0.05) is 0 Å². The molecule has 0 aromatic rings. The largest absolute Gasteiger partial charge is 0.383 e. The van der Waals surface area contributed by atoms with Crippen molar-refractivity contribution in [3.05, 3.63) is 0 Å². The van der Waals surface area contributed by atoms with Crippen LogP contribution in [0.2, 0.25) is 0 Å². The van der Waals surface area contributed by atoms with Gasteiger partial charge in [-0.3, -0.25) is 9.45 Å². The Kier molecular flexibility index (Phi) is 7.02. The molecule has 0 radical (unpaired) electrons. The summed E-state index contributed by atoms with van der Waals surface area (Å²) in [7, 11) is -0.910. The molecule has 0 aromatic heterocycles. The van der Waals surface area contributed by atoms with Gasteiger partial charge in [-0.05, 0) is 0 Å². The summed E-state index contributed by atoms with van der Waals surface area (Å²) in [4.78, 5) is 1.54. The Morgan fingerprint density at radius 1 is 1.14 bits per heavy atom. The molecular formula is C7H17NO5S. The molecule has 0 aliphatic carbocycles. The molecule has 0 heterocycles. The summed E-state index contributed by atoms with van der Waals surface area (Å²) >= 11 is 0. The fourth-order valence-corrected chi connectivity index (χ4v) is 1.63. The lowest BCUT2D eigenvalue weighted by Gasteiger charge is -2.19. The van der Waals surface area contributed by atoms with Gasteiger partial charge < -0.3 is 9.47 Å². The van der Waals surface area contributed by atoms with Crippen molar-refractivity contribution in [2.45, 2.75) is 0 Å². The van der Waals surface area contributed by atoms with Gasteiger partial charge in [0.1, 0.15) is 5.88 Å². The standard InChI is InChI=1S/C7H17NO5S/c1-12-5-3-8(4-6-13-2)7-14(9,10)11/h3-7H2,1-2H3,(H,9,10,11). The predicted octanol–water partition coefficient (Wildman–Crippen LogP) is -0.573. The number of ether oxygens (including phenoxy) is 2. The van der Waals surface area contributed by atoms with E-state index in [4.69, 9.17) is 14.0 Å². The molecule has 86 valence electrons. The molecule has 0 amide bonds. The Labute approximate surface area is 84.5 Å². The third-order valence-electron chi connectivity index (χ3n) is 1.57. The lowest BCUT2D eigenvalue weighted by molar-refractivity contribution is 0.123. The van der Waals surface area contributed by atoms with Gasteiger partial charge in [-0.25, -0.2) is 0 Å². The van der Waals surface area contributed by atoms with Crippen molar-refractivity contribution in [1.82, 2.24) is 4.90 Å². The molecule has 0 rings (SSSR count). The smallest absolute Gasteiger partial charge is 0.278 e. The highest BCUT2D eigenvalue weighted by molar-refractivity contribution is 7.85. The van der Waals surface area contributed by atoms with E-state index in [1.165, 1.54) is 14.2 Å². The first-order valence-corrected chi connectivity index (χ1v) is 5.76. The fraction of sp³-hybridized carbons (Fsp3) is 1.00. The molecule has 1 N–H and O–H groups in total. The van der Waals surface area contributed by atoms with E-state index in [1.54, 1.807) is 4.90 Å². The minimum Gasteiger partial charge on any atom is -0.383 e. The first-order valence-electron chi connectivity index (χ1n) is 4.15. The summed E-state index contributed by atoms with van der Waals surface area (Å²) in [5.41, 5.74) is 0. The summed E-state index contributed by atoms with van der Waals surface area (Å²) < 4.78 is 39.5. The third-order valence-corrected chi connectivity index (χ3v) is 2.26. The SMILES string of the molecule is COCCN(CCOC)CS(=O)(=O)O. The number of methoxy groups -OCH3 is 2. The lowest BCUT2D eigenvalue weighted by Crippen LogP contribution is -2.35. The minimum absolute atomic E-state index is 0.389. The molecular weight excluding hydrogens is 210 g/mol. The van der Waals surface area contributed by atoms with Gasteiger partial charge in [0, 0.05) is 27.3 Å². The van der Waals surface area contributed by atoms with Crippen LogP contribution in [0.3, 0.4) is 0 Å². The zero-order valence-corrected chi connectivity index (χ0v) is 9.29. The Bertz CT molecular complexity index is 220. The van der Waals surface area contributed by atoms with E-state index in [2.05, 4.69) is 0 Å². The number of nitrogens with zero attached hydrogens (tertiary/aromatic N) is 1. The van der Waals surface area contributed by atoms with Crippen LogP contribution in [0.5, 0.6) is 0 Å². The number of hydrogen-bond donors (Lipinski definition) is 1. The first-order chi connectivity index (χ1) is 6.49. The summed E-state index contributed by atoms with van der Waals surface area (Å²) in [5.74, 6) is -0.389. The molecule has 0 bridgehead atoms. The highest BCUT2D eigenvalue weighted by Crippen LogP contribution is 1.93. The molecule has 7 heteroatoms. The summed E-state index contributed by atoms with van der Waals surface area (Å²) in [6, 6.07) is 0. The van der Waals surface area contributed by atoms with Crippen LogP contribution in [0.4, 0.5) is 0 Å². The van der Waals surface area contributed by atoms with Crippen LogP contribution < -0.4 is 0 Å². The van der Waals surface area contributed by atoms with Gasteiger partial charge >= 0.3 is 0 Å². The van der Waals surface area contributed by atoms with Gasteiger partial charge in [0.05, 0.1) is 13.2 Å². The predicted molar refractivity (Wildman–Crippen MR) is 51.7 cm³/mol. The second-order valence-corrected chi connectivity index (χ2v) is 4.24. The second-order valence-electron chi connectivity index (χ2n) is 2.81. The maximum atomic E-state index is 10.6. The Morgan fingerprint density at radius 3 is 1.86 bits per heavy atom. The first kappa shape index (κ1) is 13.8. The van der Waals surface area contributed by atoms with Gasteiger partial charge in [0.25, 0.3) is 10.1 Å². The van der Waals surface area contributed by atoms with Crippen molar-refractivity contribution in [2.24, 2.45) is 0 Å². The zero-order chi connectivity index (χ0) is 11.0. The molecule has 14 heavy (non-hydrogen) atoms. The van der Waals surface area contributed by atoms with Crippen molar-refractivity contribution < 1.29 is 22.4 Å². The average molecular weight is 227 g/mol. The van der Waals surface area contributed by atoms with Crippen LogP contribution in [0, 0.1) is 0 Å². The fourth-order valence-electron chi connectivity index (χ4n) is 0.912. The molecule has 6 nitrogen and oxygen atoms in total. The third kappa shape index (κ3) is 8.39. The maximum absolute atomic E-state index is 10.6. The van der Waals surface area contributed by atoms with E-state index in [0.717, 1.165) is 0 Å². The molecule has 0 aromatic carbocycles. The molecule has 0 aliphatic heterocycles. The quantitative estimate of drug-likeness (QED) is 0.559. The average Bonchev–Trinajstić information content (AvgIpc) is 2.07. The molecule has 0 saturated carbocycles. The molecule has 0 fully saturated rings. The van der Waals surface area contributed by atoms with Crippen LogP contribution in [-0.2, 0) is 19.6 Å². The molecule has 0 saturated heterocycles. The van der Waals surface area contributed by atoms with Crippen molar-refractivity contribution in [3.63, 3.8) is 0 Å². The molecule has 0 atom stereocenters. The summed E-state index contributed by atoms with van der Waals surface area (Å²) in [5, 5.41) is 0. The van der Waals surface area contributed by atoms with Crippen LogP contribution in [0.15, 0.2) is 0 Å². The van der Waals surface area contributed by atoms with E-state index in [1.807, 2.05) is 0 Å². The van der Waals surface area contributed by atoms with E-state index in [9.17, 15) is 8.42 Å². The zero-order valence-electron chi connectivity index (χ0n) is 8.47. The normalized spacial score (nSPS) is 12.3. The Balaban J connectivity index is 3.96. The minimum atomic E-state index is -3.97. The molecule has 0 spiro atoms. The highest BCUT2D eigenvalue weighted by Gasteiger charge is 2.12. The highest BCUT2D eigenvalue weighted by atomic mass is 32.2. The van der Waals surface area contributed by atoms with Gasteiger partial charge in [0.15, 0.2) is 0 Å². The van der Waals surface area contributed by atoms with Crippen molar-refractivity contribution in [2.75, 3.05) is 46.4 Å². The van der Waals surface area contributed by atoms with E-state index < -0.39 is 10.1 Å². The maximum Gasteiger partial charge on any atom is 0.278 e. The molecule has 0 aliphatic rings. The summed E-state index contributed by atoms with van der Waals surface area (Å²) in [6.07, 6.45) is 0. The van der Waals surface area contributed by atoms with E-state index in [0.29, 0.717) is 26.3 Å². The van der Waals surface area contributed by atoms with Gasteiger partial charge in [0.2, 0.25) is 0 Å². The monoisotopic (exact) mass is 227 g/mol. The molecule has 0 unspecified atom stereocenters. The second kappa shape index (κ2) is 7.13. The number of hydrogen-bond acceptors (Lipinski definition) is 5. The van der Waals surface area contributed by atoms with Gasteiger partial charge in [-0.15, -0.1) is 0 Å². The lowest BCUT2D eigenvalue weighted by atomic mass is 10.5. The van der Waals surface area contributed by atoms with Crippen LogP contribution in [-0.4, -0.2) is 64.3 Å². The van der Waals surface area contributed by atoms with Crippen molar-refractivity contribution in [1.29, 1.82) is 0 Å².